The number of aryl methyl sites for hydroxylation is 1. The number of allylic oxidation sites excluding steroid dienone is 2. The average Bonchev–Trinajstić information content (AvgIpc) is 3.08. The summed E-state index contributed by atoms with van der Waals surface area (Å²) in [5.74, 6) is 1.21. The molecule has 0 saturated heterocycles. The topological polar surface area (TPSA) is 57.8 Å². The van der Waals surface area contributed by atoms with Crippen LogP contribution in [0, 0.1) is 6.92 Å². The summed E-state index contributed by atoms with van der Waals surface area (Å²) in [4.78, 5) is 13.7. The Labute approximate surface area is 120 Å². The maximum absolute atomic E-state index is 12.5. The first-order chi connectivity index (χ1) is 9.75. The van der Waals surface area contributed by atoms with Gasteiger partial charge in [-0.2, -0.15) is 5.10 Å². The van der Waals surface area contributed by atoms with E-state index in [2.05, 4.69) is 27.0 Å². The van der Waals surface area contributed by atoms with Crippen molar-refractivity contribution < 1.29 is 4.79 Å². The van der Waals surface area contributed by atoms with Crippen molar-refractivity contribution in [2.75, 3.05) is 5.32 Å². The lowest BCUT2D eigenvalue weighted by atomic mass is 9.79. The lowest BCUT2D eigenvalue weighted by Gasteiger charge is -2.31. The molecule has 0 amide bonds. The highest BCUT2D eigenvalue weighted by Gasteiger charge is 2.37. The van der Waals surface area contributed by atoms with E-state index in [1.54, 1.807) is 11.3 Å². The molecule has 0 spiro atoms. The molecular formula is C15H15N3OS. The first kappa shape index (κ1) is 11.9. The number of H-pyrrole nitrogens is 1. The number of aromatic amines is 1. The number of ketones is 1. The minimum absolute atomic E-state index is 0.0489. The van der Waals surface area contributed by atoms with Crippen LogP contribution in [0.5, 0.6) is 0 Å². The second-order valence-corrected chi connectivity index (χ2v) is 6.33. The molecular weight excluding hydrogens is 270 g/mol. The zero-order chi connectivity index (χ0) is 13.7. The fourth-order valence-electron chi connectivity index (χ4n) is 3.24. The van der Waals surface area contributed by atoms with Crippen LogP contribution >= 0.6 is 11.3 Å². The van der Waals surface area contributed by atoms with Gasteiger partial charge >= 0.3 is 0 Å². The molecule has 4 nitrogen and oxygen atoms in total. The van der Waals surface area contributed by atoms with Crippen molar-refractivity contribution >= 4 is 22.9 Å². The minimum atomic E-state index is 0.0489. The molecule has 4 rings (SSSR count). The Balaban J connectivity index is 1.96. The average molecular weight is 285 g/mol. The van der Waals surface area contributed by atoms with E-state index in [-0.39, 0.29) is 11.7 Å². The molecule has 0 fully saturated rings. The van der Waals surface area contributed by atoms with Gasteiger partial charge in [0, 0.05) is 33.8 Å². The summed E-state index contributed by atoms with van der Waals surface area (Å²) in [6.45, 7) is 2.02. The molecule has 2 aromatic rings. The number of aromatic nitrogens is 2. The summed E-state index contributed by atoms with van der Waals surface area (Å²) in [5, 5.41) is 12.8. The predicted octanol–water partition coefficient (Wildman–Crippen LogP) is 3.34. The number of nitrogens with one attached hydrogen (secondary N) is 2. The molecule has 102 valence electrons. The van der Waals surface area contributed by atoms with Gasteiger partial charge in [-0.05, 0) is 31.2 Å². The van der Waals surface area contributed by atoms with Gasteiger partial charge in [0.1, 0.15) is 0 Å². The third-order valence-corrected chi connectivity index (χ3v) is 5.06. The first-order valence-corrected chi connectivity index (χ1v) is 7.75. The SMILES string of the molecule is Cc1[nH]nc2c1C(c1cccs1)C1=C(CCCC1=O)N2. The molecule has 3 heterocycles. The van der Waals surface area contributed by atoms with Crippen molar-refractivity contribution in [3.8, 4) is 0 Å². The summed E-state index contributed by atoms with van der Waals surface area (Å²) >= 11 is 1.71. The standard InChI is InChI=1S/C15H15N3OS/c1-8-12-14(11-6-3-7-20-11)13-9(4-2-5-10(13)19)16-15(12)18-17-8/h3,6-7,14H,2,4-5H2,1H3,(H2,16,17,18). The number of rotatable bonds is 1. The Morgan fingerprint density at radius 2 is 2.30 bits per heavy atom. The molecule has 1 atom stereocenters. The summed E-state index contributed by atoms with van der Waals surface area (Å²) < 4.78 is 0. The van der Waals surface area contributed by atoms with Crippen molar-refractivity contribution in [1.82, 2.24) is 10.2 Å². The van der Waals surface area contributed by atoms with Gasteiger partial charge in [-0.15, -0.1) is 11.3 Å². The smallest absolute Gasteiger partial charge is 0.161 e. The van der Waals surface area contributed by atoms with E-state index >= 15 is 0 Å². The second kappa shape index (κ2) is 4.31. The normalized spacial score (nSPS) is 21.4. The van der Waals surface area contributed by atoms with Gasteiger partial charge in [0.05, 0.1) is 5.92 Å². The third kappa shape index (κ3) is 1.59. The van der Waals surface area contributed by atoms with Gasteiger partial charge in [0.2, 0.25) is 0 Å². The maximum Gasteiger partial charge on any atom is 0.161 e. The minimum Gasteiger partial charge on any atom is -0.342 e. The van der Waals surface area contributed by atoms with Gasteiger partial charge in [-0.3, -0.25) is 9.89 Å². The van der Waals surface area contributed by atoms with E-state index in [0.717, 1.165) is 41.2 Å². The summed E-state index contributed by atoms with van der Waals surface area (Å²) in [5.41, 5.74) is 4.19. The number of nitrogens with zero attached hydrogens (tertiary/aromatic N) is 1. The highest BCUT2D eigenvalue weighted by atomic mass is 32.1. The van der Waals surface area contributed by atoms with Crippen molar-refractivity contribution in [2.24, 2.45) is 0 Å². The molecule has 20 heavy (non-hydrogen) atoms. The second-order valence-electron chi connectivity index (χ2n) is 5.35. The quantitative estimate of drug-likeness (QED) is 0.845. The van der Waals surface area contributed by atoms with Crippen LogP contribution in [0.4, 0.5) is 5.82 Å². The largest absolute Gasteiger partial charge is 0.342 e. The van der Waals surface area contributed by atoms with Crippen LogP contribution in [-0.4, -0.2) is 16.0 Å². The van der Waals surface area contributed by atoms with Crippen LogP contribution < -0.4 is 5.32 Å². The number of hydrogen-bond acceptors (Lipinski definition) is 4. The molecule has 1 aliphatic heterocycles. The molecule has 0 aromatic carbocycles. The number of fused-ring (bicyclic) bond motifs is 1. The van der Waals surface area contributed by atoms with E-state index in [9.17, 15) is 4.79 Å². The van der Waals surface area contributed by atoms with Gasteiger partial charge in [-0.1, -0.05) is 6.07 Å². The van der Waals surface area contributed by atoms with Gasteiger partial charge in [-0.25, -0.2) is 0 Å². The number of carbonyl (C=O) groups is 1. The van der Waals surface area contributed by atoms with Crippen molar-refractivity contribution in [3.05, 3.63) is 44.9 Å². The molecule has 0 radical (unpaired) electrons. The van der Waals surface area contributed by atoms with Crippen LogP contribution in [0.15, 0.2) is 28.8 Å². The Morgan fingerprint density at radius 3 is 3.10 bits per heavy atom. The zero-order valence-corrected chi connectivity index (χ0v) is 12.0. The lowest BCUT2D eigenvalue weighted by molar-refractivity contribution is -0.116. The molecule has 0 bridgehead atoms. The van der Waals surface area contributed by atoms with E-state index in [1.807, 2.05) is 13.0 Å². The van der Waals surface area contributed by atoms with Crippen molar-refractivity contribution in [3.63, 3.8) is 0 Å². The Bertz CT molecular complexity index is 712. The molecule has 2 N–H and O–H groups in total. The fourth-order valence-corrected chi connectivity index (χ4v) is 4.09. The Hall–Kier alpha value is -1.88. The summed E-state index contributed by atoms with van der Waals surface area (Å²) in [6.07, 6.45) is 2.53. The number of Topliss-reactive ketones (excluding diaryl/α,β-unsaturated/α-hetero) is 1. The number of thiophene rings is 1. The summed E-state index contributed by atoms with van der Waals surface area (Å²) in [6, 6.07) is 4.16. The third-order valence-electron chi connectivity index (χ3n) is 4.13. The maximum atomic E-state index is 12.5. The molecule has 0 saturated carbocycles. The molecule has 2 aromatic heterocycles. The van der Waals surface area contributed by atoms with E-state index in [4.69, 9.17) is 0 Å². The highest BCUT2D eigenvalue weighted by Crippen LogP contribution is 2.46. The van der Waals surface area contributed by atoms with Crippen molar-refractivity contribution in [2.45, 2.75) is 32.1 Å². The van der Waals surface area contributed by atoms with Crippen LogP contribution in [-0.2, 0) is 4.79 Å². The fraction of sp³-hybridized carbons (Fsp3) is 0.333. The lowest BCUT2D eigenvalue weighted by Crippen LogP contribution is -2.26. The number of carbonyl (C=O) groups excluding carboxylic acids is 1. The highest BCUT2D eigenvalue weighted by molar-refractivity contribution is 7.10. The van der Waals surface area contributed by atoms with Crippen molar-refractivity contribution in [1.29, 1.82) is 0 Å². The molecule has 1 aliphatic carbocycles. The van der Waals surface area contributed by atoms with E-state index in [0.29, 0.717) is 6.42 Å². The monoisotopic (exact) mass is 285 g/mol. The zero-order valence-electron chi connectivity index (χ0n) is 11.2. The number of anilines is 1. The van der Waals surface area contributed by atoms with Gasteiger partial charge in [0.25, 0.3) is 0 Å². The molecule has 1 unspecified atom stereocenters. The van der Waals surface area contributed by atoms with Crippen LogP contribution in [0.3, 0.4) is 0 Å². The van der Waals surface area contributed by atoms with Crippen LogP contribution in [0.2, 0.25) is 0 Å². The Morgan fingerprint density at radius 1 is 1.40 bits per heavy atom. The molecule has 5 heteroatoms. The van der Waals surface area contributed by atoms with Gasteiger partial charge in [0.15, 0.2) is 11.6 Å². The first-order valence-electron chi connectivity index (χ1n) is 6.87. The van der Waals surface area contributed by atoms with Crippen LogP contribution in [0.1, 0.15) is 41.3 Å². The van der Waals surface area contributed by atoms with Gasteiger partial charge < -0.3 is 5.32 Å². The summed E-state index contributed by atoms with van der Waals surface area (Å²) in [7, 11) is 0. The number of hydrogen-bond donors (Lipinski definition) is 2. The predicted molar refractivity (Wildman–Crippen MR) is 79.0 cm³/mol. The molecule has 2 aliphatic rings. The van der Waals surface area contributed by atoms with E-state index < -0.39 is 0 Å². The van der Waals surface area contributed by atoms with E-state index in [1.165, 1.54) is 4.88 Å². The Kier molecular flexibility index (Phi) is 2.57. The van der Waals surface area contributed by atoms with Crippen LogP contribution in [0.25, 0.3) is 0 Å².